The number of hydrogen-bond donors (Lipinski definition) is 2. The van der Waals surface area contributed by atoms with Crippen LogP contribution in [0.25, 0.3) is 0 Å². The van der Waals surface area contributed by atoms with E-state index < -0.39 is 0 Å². The first-order valence-corrected chi connectivity index (χ1v) is 10.6. The summed E-state index contributed by atoms with van der Waals surface area (Å²) in [6.45, 7) is 5.56. The predicted octanol–water partition coefficient (Wildman–Crippen LogP) is 3.68. The van der Waals surface area contributed by atoms with E-state index in [0.29, 0.717) is 12.3 Å². The van der Waals surface area contributed by atoms with E-state index in [9.17, 15) is 4.39 Å². The van der Waals surface area contributed by atoms with Gasteiger partial charge in [0.05, 0.1) is 12.2 Å². The number of aliphatic imine (C=N–C) groups is 1. The molecule has 2 aromatic rings. The van der Waals surface area contributed by atoms with Crippen molar-refractivity contribution in [2.24, 2.45) is 4.99 Å². The van der Waals surface area contributed by atoms with Crippen molar-refractivity contribution in [1.29, 1.82) is 0 Å². The van der Waals surface area contributed by atoms with Crippen LogP contribution in [0.4, 0.5) is 9.52 Å². The molecule has 0 saturated carbocycles. The molecule has 1 aliphatic rings. The number of aromatic nitrogens is 1. The van der Waals surface area contributed by atoms with Gasteiger partial charge in [-0.2, -0.15) is 0 Å². The first kappa shape index (κ1) is 23.7. The number of guanidine groups is 1. The summed E-state index contributed by atoms with van der Waals surface area (Å²) in [6.07, 6.45) is 3.31. The van der Waals surface area contributed by atoms with Crippen molar-refractivity contribution in [3.8, 4) is 5.75 Å². The van der Waals surface area contributed by atoms with Crippen LogP contribution >= 0.6 is 35.3 Å². The molecule has 1 aromatic heterocycles. The number of anilines is 1. The molecular weight excluding hydrogens is 504 g/mol. The Balaban J connectivity index is 0.00000300. The van der Waals surface area contributed by atoms with Gasteiger partial charge in [0.2, 0.25) is 0 Å². The lowest BCUT2D eigenvalue weighted by Gasteiger charge is -2.17. The lowest BCUT2D eigenvalue weighted by atomic mass is 10.3. The molecule has 29 heavy (non-hydrogen) atoms. The van der Waals surface area contributed by atoms with Crippen LogP contribution in [0.2, 0.25) is 0 Å². The molecule has 1 aromatic carbocycles. The Morgan fingerprint density at radius 1 is 1.28 bits per heavy atom. The second-order valence-electron chi connectivity index (χ2n) is 6.83. The maximum atomic E-state index is 12.9. The van der Waals surface area contributed by atoms with E-state index in [1.165, 1.54) is 25.0 Å². The van der Waals surface area contributed by atoms with E-state index >= 15 is 0 Å². The predicted molar refractivity (Wildman–Crippen MR) is 129 cm³/mol. The normalized spacial score (nSPS) is 15.0. The quantitative estimate of drug-likeness (QED) is 0.308. The Labute approximate surface area is 193 Å². The Hall–Kier alpha value is -1.62. The van der Waals surface area contributed by atoms with Gasteiger partial charge in [-0.25, -0.2) is 9.37 Å². The van der Waals surface area contributed by atoms with Crippen LogP contribution in [0, 0.1) is 5.82 Å². The van der Waals surface area contributed by atoms with Crippen LogP contribution < -0.4 is 20.3 Å². The minimum atomic E-state index is -0.268. The van der Waals surface area contributed by atoms with Gasteiger partial charge in [-0.15, -0.1) is 35.3 Å². The molecule has 0 aliphatic carbocycles. The largest absolute Gasteiger partial charge is 0.489 e. The van der Waals surface area contributed by atoms with Gasteiger partial charge in [0.25, 0.3) is 0 Å². The summed E-state index contributed by atoms with van der Waals surface area (Å²) in [7, 11) is 1.75. The summed E-state index contributed by atoms with van der Waals surface area (Å²) in [5.74, 6) is 1.11. The Morgan fingerprint density at radius 3 is 2.69 bits per heavy atom. The fourth-order valence-electron chi connectivity index (χ4n) is 3.02. The van der Waals surface area contributed by atoms with E-state index in [1.54, 1.807) is 30.5 Å². The highest BCUT2D eigenvalue weighted by molar-refractivity contribution is 14.0. The number of thiazole rings is 1. The number of nitrogens with one attached hydrogen (secondary N) is 2. The van der Waals surface area contributed by atoms with Crippen molar-refractivity contribution in [2.45, 2.75) is 32.3 Å². The molecule has 1 unspecified atom stereocenters. The van der Waals surface area contributed by atoms with Crippen LogP contribution in [0.15, 0.2) is 34.6 Å². The average Bonchev–Trinajstić information content (AvgIpc) is 3.38. The zero-order valence-corrected chi connectivity index (χ0v) is 20.0. The van der Waals surface area contributed by atoms with E-state index in [4.69, 9.17) is 9.72 Å². The smallest absolute Gasteiger partial charge is 0.191 e. The van der Waals surface area contributed by atoms with Gasteiger partial charge in [0.15, 0.2) is 11.1 Å². The van der Waals surface area contributed by atoms with Crippen LogP contribution in [0.1, 0.15) is 25.5 Å². The van der Waals surface area contributed by atoms with Gasteiger partial charge in [-0.1, -0.05) is 0 Å². The molecule has 0 radical (unpaired) electrons. The second kappa shape index (κ2) is 12.2. The molecular formula is C20H29FIN5OS. The molecule has 6 nitrogen and oxygen atoms in total. The third-order valence-corrected chi connectivity index (χ3v) is 5.47. The first-order chi connectivity index (χ1) is 13.6. The third kappa shape index (κ3) is 7.61. The molecule has 3 rings (SSSR count). The molecule has 0 bridgehead atoms. The molecule has 1 aliphatic heterocycles. The van der Waals surface area contributed by atoms with E-state index in [1.807, 2.05) is 6.92 Å². The van der Waals surface area contributed by atoms with E-state index in [2.05, 4.69) is 25.9 Å². The van der Waals surface area contributed by atoms with Crippen molar-refractivity contribution in [3.05, 3.63) is 41.2 Å². The third-order valence-electron chi connectivity index (χ3n) is 4.52. The number of ether oxygens (including phenoxy) is 1. The zero-order chi connectivity index (χ0) is 19.8. The van der Waals surface area contributed by atoms with Crippen molar-refractivity contribution in [3.63, 3.8) is 0 Å². The summed E-state index contributed by atoms with van der Waals surface area (Å²) < 4.78 is 18.7. The topological polar surface area (TPSA) is 61.8 Å². The monoisotopic (exact) mass is 533 g/mol. The lowest BCUT2D eigenvalue weighted by Crippen LogP contribution is -2.42. The summed E-state index contributed by atoms with van der Waals surface area (Å²) in [4.78, 5) is 11.3. The lowest BCUT2D eigenvalue weighted by molar-refractivity contribution is 0.223. The maximum absolute atomic E-state index is 12.9. The second-order valence-corrected chi connectivity index (χ2v) is 7.66. The molecule has 2 heterocycles. The van der Waals surface area contributed by atoms with Gasteiger partial charge in [0, 0.05) is 38.5 Å². The molecule has 1 atom stereocenters. The van der Waals surface area contributed by atoms with E-state index in [0.717, 1.165) is 42.8 Å². The van der Waals surface area contributed by atoms with Crippen LogP contribution in [-0.4, -0.2) is 50.3 Å². The highest BCUT2D eigenvalue weighted by Crippen LogP contribution is 2.24. The highest BCUT2D eigenvalue weighted by atomic mass is 127. The van der Waals surface area contributed by atoms with Crippen LogP contribution in [0.3, 0.4) is 0 Å². The van der Waals surface area contributed by atoms with Gasteiger partial charge in [-0.3, -0.25) is 4.99 Å². The number of hydrogen-bond acceptors (Lipinski definition) is 5. The van der Waals surface area contributed by atoms with Crippen molar-refractivity contribution >= 4 is 46.4 Å². The zero-order valence-electron chi connectivity index (χ0n) is 16.9. The summed E-state index contributed by atoms with van der Waals surface area (Å²) in [5, 5.41) is 9.84. The molecule has 2 N–H and O–H groups in total. The van der Waals surface area contributed by atoms with Gasteiger partial charge >= 0.3 is 0 Å². The van der Waals surface area contributed by atoms with E-state index in [-0.39, 0.29) is 35.9 Å². The standard InChI is InChI=1S/C20H28FN5OS.HI/c1-15(27-18-7-5-16(21)6-8-18)13-24-19(22-2)23-10-9-17-14-28-20(25-17)26-11-3-4-12-26;/h5-8,14-15H,3-4,9-13H2,1-2H3,(H2,22,23,24);1H. The first-order valence-electron chi connectivity index (χ1n) is 9.70. The van der Waals surface area contributed by atoms with Crippen molar-refractivity contribution in [2.75, 3.05) is 38.1 Å². The Kier molecular flexibility index (Phi) is 9.92. The molecule has 160 valence electrons. The van der Waals surface area contributed by atoms with Crippen molar-refractivity contribution < 1.29 is 9.13 Å². The molecule has 9 heteroatoms. The molecule has 0 amide bonds. The maximum Gasteiger partial charge on any atom is 0.191 e. The van der Waals surface area contributed by atoms with Gasteiger partial charge in [0.1, 0.15) is 17.7 Å². The minimum absolute atomic E-state index is 0. The summed E-state index contributed by atoms with van der Waals surface area (Å²) >= 11 is 1.73. The SMILES string of the molecule is CN=C(NCCc1csc(N2CCCC2)n1)NCC(C)Oc1ccc(F)cc1.I. The highest BCUT2D eigenvalue weighted by Gasteiger charge is 2.15. The van der Waals surface area contributed by atoms with Crippen LogP contribution in [-0.2, 0) is 6.42 Å². The molecule has 1 fully saturated rings. The number of halogens is 2. The minimum Gasteiger partial charge on any atom is -0.489 e. The summed E-state index contributed by atoms with van der Waals surface area (Å²) in [6, 6.07) is 6.04. The fraction of sp³-hybridized carbons (Fsp3) is 0.500. The number of nitrogens with zero attached hydrogens (tertiary/aromatic N) is 3. The molecule has 0 spiro atoms. The van der Waals surface area contributed by atoms with Crippen LogP contribution in [0.5, 0.6) is 5.75 Å². The fourth-order valence-corrected chi connectivity index (χ4v) is 3.94. The number of rotatable bonds is 8. The van der Waals surface area contributed by atoms with Gasteiger partial charge in [-0.05, 0) is 44.0 Å². The van der Waals surface area contributed by atoms with Gasteiger partial charge < -0.3 is 20.3 Å². The Bertz CT molecular complexity index is 764. The Morgan fingerprint density at radius 2 is 2.00 bits per heavy atom. The summed E-state index contributed by atoms with van der Waals surface area (Å²) in [5.41, 5.74) is 1.11. The van der Waals surface area contributed by atoms with Crippen molar-refractivity contribution in [1.82, 2.24) is 15.6 Å². The molecule has 1 saturated heterocycles. The number of benzene rings is 1. The average molecular weight is 533 g/mol.